The summed E-state index contributed by atoms with van der Waals surface area (Å²) in [7, 11) is 3.88. The molecule has 0 saturated carbocycles. The van der Waals surface area contributed by atoms with E-state index in [0.717, 1.165) is 67.5 Å². The predicted octanol–water partition coefficient (Wildman–Crippen LogP) is 4.47. The van der Waals surface area contributed by atoms with Crippen molar-refractivity contribution in [1.82, 2.24) is 24.8 Å². The first-order valence-electron chi connectivity index (χ1n) is 12.2. The van der Waals surface area contributed by atoms with Gasteiger partial charge in [-0.2, -0.15) is 0 Å². The first-order chi connectivity index (χ1) is 16.6. The molecular weight excluding hydrogens is 429 g/mol. The number of aromatic nitrogens is 4. The van der Waals surface area contributed by atoms with Gasteiger partial charge in [-0.25, -0.2) is 24.3 Å². The highest BCUT2D eigenvalue weighted by atomic mass is 19.1. The minimum Gasteiger partial charge on any atom is -0.347 e. The fourth-order valence-electron chi connectivity index (χ4n) is 4.99. The molecule has 2 aromatic heterocycles. The summed E-state index contributed by atoms with van der Waals surface area (Å²) >= 11 is 0. The first-order valence-corrected chi connectivity index (χ1v) is 12.2. The zero-order valence-corrected chi connectivity index (χ0v) is 20.0. The van der Waals surface area contributed by atoms with Gasteiger partial charge in [0.1, 0.15) is 5.82 Å². The molecule has 3 aromatic rings. The third kappa shape index (κ3) is 4.87. The van der Waals surface area contributed by atoms with E-state index in [1.807, 2.05) is 43.5 Å². The van der Waals surface area contributed by atoms with E-state index in [1.54, 1.807) is 12.1 Å². The monoisotopic (exact) mass is 461 g/mol. The maximum Gasteiger partial charge on any atom is 0.225 e. The Morgan fingerprint density at radius 3 is 2.65 bits per heavy atom. The average Bonchev–Trinajstić information content (AvgIpc) is 3.32. The van der Waals surface area contributed by atoms with Crippen LogP contribution in [0.1, 0.15) is 49.5 Å². The predicted molar refractivity (Wildman–Crippen MR) is 132 cm³/mol. The van der Waals surface area contributed by atoms with Crippen LogP contribution in [0.15, 0.2) is 42.7 Å². The van der Waals surface area contributed by atoms with Crippen molar-refractivity contribution in [2.24, 2.45) is 0 Å². The van der Waals surface area contributed by atoms with E-state index in [0.29, 0.717) is 5.95 Å². The largest absolute Gasteiger partial charge is 0.347 e. The lowest BCUT2D eigenvalue weighted by atomic mass is 9.99. The summed E-state index contributed by atoms with van der Waals surface area (Å²) in [5, 5.41) is 0. The summed E-state index contributed by atoms with van der Waals surface area (Å²) < 4.78 is 14.0. The van der Waals surface area contributed by atoms with E-state index < -0.39 is 0 Å². The number of piperidine rings is 1. The van der Waals surface area contributed by atoms with E-state index in [-0.39, 0.29) is 11.9 Å². The second-order valence-corrected chi connectivity index (χ2v) is 9.40. The Morgan fingerprint density at radius 1 is 1.00 bits per heavy atom. The number of hydrogen-bond acceptors (Lipinski definition) is 7. The maximum absolute atomic E-state index is 14.0. The lowest BCUT2D eigenvalue weighted by molar-refractivity contribution is 0.242. The molecule has 4 heterocycles. The molecule has 178 valence electrons. The minimum absolute atomic E-state index is 0.119. The highest BCUT2D eigenvalue weighted by molar-refractivity contribution is 5.66. The van der Waals surface area contributed by atoms with Crippen molar-refractivity contribution < 1.29 is 4.39 Å². The zero-order chi connectivity index (χ0) is 23.5. The summed E-state index contributed by atoms with van der Waals surface area (Å²) in [6, 6.07) is 8.83. The maximum atomic E-state index is 14.0. The Balaban J connectivity index is 1.45. The zero-order valence-electron chi connectivity index (χ0n) is 20.0. The Kier molecular flexibility index (Phi) is 6.67. The topological polar surface area (TPSA) is 61.3 Å². The molecule has 2 aliphatic heterocycles. The van der Waals surface area contributed by atoms with E-state index in [9.17, 15) is 4.39 Å². The molecule has 2 aliphatic rings. The van der Waals surface area contributed by atoms with Crippen LogP contribution in [-0.4, -0.2) is 58.6 Å². The number of likely N-dealkylation sites (tertiary alicyclic amines) is 1. The van der Waals surface area contributed by atoms with Gasteiger partial charge >= 0.3 is 0 Å². The first kappa shape index (κ1) is 22.7. The van der Waals surface area contributed by atoms with Crippen molar-refractivity contribution in [3.05, 3.63) is 59.9 Å². The van der Waals surface area contributed by atoms with Gasteiger partial charge in [0, 0.05) is 51.7 Å². The molecule has 0 bridgehead atoms. The molecule has 0 spiro atoms. The van der Waals surface area contributed by atoms with Gasteiger partial charge in [0.05, 0.1) is 17.4 Å². The van der Waals surface area contributed by atoms with E-state index in [2.05, 4.69) is 19.8 Å². The molecule has 1 aromatic carbocycles. The van der Waals surface area contributed by atoms with E-state index >= 15 is 0 Å². The number of nitrogens with zero attached hydrogens (tertiary/aromatic N) is 7. The van der Waals surface area contributed by atoms with Gasteiger partial charge in [0.15, 0.2) is 0 Å². The van der Waals surface area contributed by atoms with Crippen molar-refractivity contribution in [3.63, 3.8) is 0 Å². The molecule has 2 saturated heterocycles. The number of rotatable bonds is 6. The van der Waals surface area contributed by atoms with Crippen LogP contribution in [0.2, 0.25) is 0 Å². The van der Waals surface area contributed by atoms with Gasteiger partial charge in [-0.05, 0) is 62.4 Å². The molecule has 1 atom stereocenters. The third-order valence-corrected chi connectivity index (χ3v) is 6.72. The van der Waals surface area contributed by atoms with Gasteiger partial charge in [-0.15, -0.1) is 0 Å². The minimum atomic E-state index is -0.255. The quantitative estimate of drug-likeness (QED) is 0.537. The Morgan fingerprint density at radius 2 is 1.85 bits per heavy atom. The molecule has 0 aliphatic carbocycles. The van der Waals surface area contributed by atoms with Crippen molar-refractivity contribution in [3.8, 4) is 11.1 Å². The molecule has 0 N–H and O–H groups in total. The molecule has 0 unspecified atom stereocenters. The SMILES string of the molecule is CN(C)c1ncc(-c2cccc(F)c2)c([C@@H]2CCCN2Cc2ccnc(N3CCCCC3)n2)n1. The lowest BCUT2D eigenvalue weighted by Gasteiger charge is -2.28. The molecule has 8 heteroatoms. The van der Waals surface area contributed by atoms with Gasteiger partial charge < -0.3 is 9.80 Å². The Bertz CT molecular complexity index is 1130. The summed E-state index contributed by atoms with van der Waals surface area (Å²) in [6.07, 6.45) is 9.48. The Hall–Kier alpha value is -3.13. The highest BCUT2D eigenvalue weighted by Gasteiger charge is 2.31. The van der Waals surface area contributed by atoms with E-state index in [4.69, 9.17) is 9.97 Å². The molecular formula is C26H32FN7. The van der Waals surface area contributed by atoms with Crippen LogP contribution in [-0.2, 0) is 6.54 Å². The summed E-state index contributed by atoms with van der Waals surface area (Å²) in [5.74, 6) is 1.25. The fourth-order valence-corrected chi connectivity index (χ4v) is 4.99. The number of hydrogen-bond donors (Lipinski definition) is 0. The summed E-state index contributed by atoms with van der Waals surface area (Å²) in [6.45, 7) is 3.76. The van der Waals surface area contributed by atoms with Crippen molar-refractivity contribution in [2.45, 2.75) is 44.7 Å². The van der Waals surface area contributed by atoms with Crippen LogP contribution in [0.4, 0.5) is 16.3 Å². The fraction of sp³-hybridized carbons (Fsp3) is 0.462. The summed E-state index contributed by atoms with van der Waals surface area (Å²) in [4.78, 5) is 25.6. The van der Waals surface area contributed by atoms with Gasteiger partial charge in [0.25, 0.3) is 0 Å². The van der Waals surface area contributed by atoms with Crippen molar-refractivity contribution >= 4 is 11.9 Å². The molecule has 0 amide bonds. The standard InChI is InChI=1S/C26H32FN7/c1-32(2)25-29-17-22(19-8-6-9-20(27)16-19)24(31-25)23-10-7-15-34(23)18-21-11-12-28-26(30-21)33-13-4-3-5-14-33/h6,8-9,11-12,16-17,23H,3-5,7,10,13-15,18H2,1-2H3/t23-/m0/s1. The van der Waals surface area contributed by atoms with Crippen LogP contribution < -0.4 is 9.80 Å². The molecule has 7 nitrogen and oxygen atoms in total. The second-order valence-electron chi connectivity index (χ2n) is 9.40. The number of benzene rings is 1. The lowest BCUT2D eigenvalue weighted by Crippen LogP contribution is -2.31. The van der Waals surface area contributed by atoms with E-state index in [1.165, 1.54) is 25.3 Å². The van der Waals surface area contributed by atoms with Crippen LogP contribution >= 0.6 is 0 Å². The molecule has 5 rings (SSSR count). The summed E-state index contributed by atoms with van der Waals surface area (Å²) in [5.41, 5.74) is 3.67. The van der Waals surface area contributed by atoms with Crippen molar-refractivity contribution in [2.75, 3.05) is 43.5 Å². The third-order valence-electron chi connectivity index (χ3n) is 6.72. The molecule has 2 fully saturated rings. The van der Waals surface area contributed by atoms with Crippen LogP contribution in [0.3, 0.4) is 0 Å². The molecule has 0 radical (unpaired) electrons. The van der Waals surface area contributed by atoms with Gasteiger partial charge in [-0.3, -0.25) is 4.90 Å². The number of anilines is 2. The number of halogens is 1. The van der Waals surface area contributed by atoms with Gasteiger partial charge in [0.2, 0.25) is 11.9 Å². The smallest absolute Gasteiger partial charge is 0.225 e. The van der Waals surface area contributed by atoms with Crippen LogP contribution in [0, 0.1) is 5.82 Å². The van der Waals surface area contributed by atoms with Gasteiger partial charge in [-0.1, -0.05) is 12.1 Å². The normalized spacial score (nSPS) is 18.9. The van der Waals surface area contributed by atoms with Crippen LogP contribution in [0.25, 0.3) is 11.1 Å². The average molecular weight is 462 g/mol. The second kappa shape index (κ2) is 10.0. The highest BCUT2D eigenvalue weighted by Crippen LogP contribution is 2.38. The Labute approximate surface area is 200 Å². The van der Waals surface area contributed by atoms with Crippen molar-refractivity contribution in [1.29, 1.82) is 0 Å². The molecule has 34 heavy (non-hydrogen) atoms. The van der Waals surface area contributed by atoms with Crippen LogP contribution in [0.5, 0.6) is 0 Å².